The molecule has 3 amide bonds. The van der Waals surface area contributed by atoms with Crippen LogP contribution in [-0.2, 0) is 19.0 Å². The quantitative estimate of drug-likeness (QED) is 0.312. The van der Waals surface area contributed by atoms with Gasteiger partial charge in [-0.05, 0) is 68.7 Å². The standard InChI is InChI=1S/C21H36N4O8/c1-19(2,3)31-16(28)23-15(24-17(29)32-20(4,5)6)25(18(30)33-21(7,8)9)12-10-13(14(26)27)22-11-12/h12-13,22H,10-11H2,1-9H3,(H,26,27)(H,23,24,28,29)/t12?,13-/m0/s1. The minimum atomic E-state index is -1.10. The van der Waals surface area contributed by atoms with Crippen LogP contribution >= 0.6 is 0 Å². The topological polar surface area (TPSA) is 156 Å². The Morgan fingerprint density at radius 1 is 0.909 bits per heavy atom. The van der Waals surface area contributed by atoms with Gasteiger partial charge in [0.1, 0.15) is 22.8 Å². The van der Waals surface area contributed by atoms with Gasteiger partial charge in [-0.3, -0.25) is 10.1 Å². The molecule has 1 aliphatic rings. The monoisotopic (exact) mass is 472 g/mol. The number of nitrogens with one attached hydrogen (secondary N) is 2. The highest BCUT2D eigenvalue weighted by Crippen LogP contribution is 2.20. The normalized spacial score (nSPS) is 19.5. The molecule has 12 heteroatoms. The maximum Gasteiger partial charge on any atom is 0.437 e. The summed E-state index contributed by atoms with van der Waals surface area (Å²) in [5.74, 6) is -1.60. The summed E-state index contributed by atoms with van der Waals surface area (Å²) in [6.45, 7) is 14.8. The van der Waals surface area contributed by atoms with E-state index in [2.05, 4.69) is 15.6 Å². The zero-order valence-corrected chi connectivity index (χ0v) is 20.8. The number of aliphatic carboxylic acids is 1. The fourth-order valence-electron chi connectivity index (χ4n) is 2.73. The molecule has 1 fully saturated rings. The van der Waals surface area contributed by atoms with Crippen LogP contribution in [0, 0.1) is 0 Å². The molecule has 1 saturated heterocycles. The zero-order valence-electron chi connectivity index (χ0n) is 20.8. The van der Waals surface area contributed by atoms with Gasteiger partial charge in [0, 0.05) is 6.54 Å². The lowest BCUT2D eigenvalue weighted by Crippen LogP contribution is -2.55. The van der Waals surface area contributed by atoms with Gasteiger partial charge in [0.15, 0.2) is 0 Å². The molecule has 1 rings (SSSR count). The Balaban J connectivity index is 3.42. The molecule has 188 valence electrons. The van der Waals surface area contributed by atoms with Crippen molar-refractivity contribution in [3.8, 4) is 0 Å². The van der Waals surface area contributed by atoms with Crippen LogP contribution in [0.5, 0.6) is 0 Å². The molecule has 1 heterocycles. The van der Waals surface area contributed by atoms with Gasteiger partial charge >= 0.3 is 24.2 Å². The number of carbonyl (C=O) groups excluding carboxylic acids is 3. The lowest BCUT2D eigenvalue weighted by atomic mass is 10.1. The van der Waals surface area contributed by atoms with E-state index in [0.717, 1.165) is 4.90 Å². The highest BCUT2D eigenvalue weighted by Gasteiger charge is 2.40. The number of guanidine groups is 1. The maximum atomic E-state index is 13.1. The van der Waals surface area contributed by atoms with E-state index < -0.39 is 59.1 Å². The lowest BCUT2D eigenvalue weighted by Gasteiger charge is -2.32. The van der Waals surface area contributed by atoms with Gasteiger partial charge in [-0.25, -0.2) is 19.3 Å². The maximum absolute atomic E-state index is 13.1. The lowest BCUT2D eigenvalue weighted by molar-refractivity contribution is -0.139. The van der Waals surface area contributed by atoms with Crippen LogP contribution in [0.2, 0.25) is 0 Å². The molecule has 33 heavy (non-hydrogen) atoms. The van der Waals surface area contributed by atoms with E-state index in [4.69, 9.17) is 14.2 Å². The molecule has 2 atom stereocenters. The SMILES string of the molecule is CC(C)(C)OC(=O)N=C(NC(=O)OC(C)(C)C)N(C(=O)OC(C)(C)C)C1CN[C@H](C(=O)O)C1. The highest BCUT2D eigenvalue weighted by molar-refractivity contribution is 6.05. The van der Waals surface area contributed by atoms with Crippen molar-refractivity contribution in [2.24, 2.45) is 4.99 Å². The van der Waals surface area contributed by atoms with Crippen LogP contribution in [0.1, 0.15) is 68.7 Å². The molecule has 1 aliphatic heterocycles. The summed E-state index contributed by atoms with van der Waals surface area (Å²) < 4.78 is 15.9. The van der Waals surface area contributed by atoms with Gasteiger partial charge in [-0.15, -0.1) is 4.99 Å². The fraction of sp³-hybridized carbons (Fsp3) is 0.762. The Labute approximate surface area is 194 Å². The smallest absolute Gasteiger partial charge is 0.437 e. The number of hydrogen-bond acceptors (Lipinski definition) is 8. The van der Waals surface area contributed by atoms with Crippen molar-refractivity contribution in [1.82, 2.24) is 15.5 Å². The minimum Gasteiger partial charge on any atom is -0.480 e. The van der Waals surface area contributed by atoms with Crippen LogP contribution in [0.15, 0.2) is 4.99 Å². The summed E-state index contributed by atoms with van der Waals surface area (Å²) in [5.41, 5.74) is -2.69. The molecule has 0 spiro atoms. The Hall–Kier alpha value is -2.89. The second kappa shape index (κ2) is 10.4. The number of carboxylic acids is 1. The van der Waals surface area contributed by atoms with Crippen molar-refractivity contribution >= 4 is 30.2 Å². The van der Waals surface area contributed by atoms with E-state index in [1.165, 1.54) is 0 Å². The Kier molecular flexibility index (Phi) is 8.84. The number of amides is 3. The van der Waals surface area contributed by atoms with Crippen LogP contribution in [-0.4, -0.2) is 75.6 Å². The van der Waals surface area contributed by atoms with Crippen molar-refractivity contribution in [2.45, 2.75) is 97.6 Å². The first-order chi connectivity index (χ1) is 14.8. The van der Waals surface area contributed by atoms with Crippen LogP contribution in [0.25, 0.3) is 0 Å². The van der Waals surface area contributed by atoms with E-state index >= 15 is 0 Å². The zero-order chi connectivity index (χ0) is 25.8. The van der Waals surface area contributed by atoms with Gasteiger partial charge in [-0.1, -0.05) is 0 Å². The number of hydrogen-bond donors (Lipinski definition) is 3. The third-order valence-corrected chi connectivity index (χ3v) is 3.79. The molecule has 12 nitrogen and oxygen atoms in total. The summed E-state index contributed by atoms with van der Waals surface area (Å²) in [5, 5.41) is 14.4. The van der Waals surface area contributed by atoms with Gasteiger partial charge in [0.05, 0.1) is 6.04 Å². The number of carbonyl (C=O) groups is 4. The highest BCUT2D eigenvalue weighted by atomic mass is 16.6. The molecule has 0 aliphatic carbocycles. The van der Waals surface area contributed by atoms with Crippen LogP contribution < -0.4 is 10.6 Å². The molecule has 0 aromatic carbocycles. The molecule has 0 bridgehead atoms. The van der Waals surface area contributed by atoms with E-state index in [9.17, 15) is 24.3 Å². The molecule has 1 unspecified atom stereocenters. The van der Waals surface area contributed by atoms with Crippen LogP contribution in [0.3, 0.4) is 0 Å². The number of ether oxygens (including phenoxy) is 3. The number of rotatable bonds is 2. The first-order valence-electron chi connectivity index (χ1n) is 10.6. The summed E-state index contributed by atoms with van der Waals surface area (Å²) in [7, 11) is 0. The third-order valence-electron chi connectivity index (χ3n) is 3.79. The summed E-state index contributed by atoms with van der Waals surface area (Å²) in [4.78, 5) is 54.2. The summed E-state index contributed by atoms with van der Waals surface area (Å²) in [6.07, 6.45) is -2.99. The number of nitrogens with zero attached hydrogens (tertiary/aromatic N) is 2. The van der Waals surface area contributed by atoms with Crippen LogP contribution in [0.4, 0.5) is 14.4 Å². The predicted molar refractivity (Wildman–Crippen MR) is 119 cm³/mol. The van der Waals surface area contributed by atoms with Gasteiger partial charge in [0.25, 0.3) is 0 Å². The number of carboxylic acid groups (broad SMARTS) is 1. The third kappa shape index (κ3) is 10.5. The molecule has 0 aromatic heterocycles. The number of aliphatic imine (C=N–C) groups is 1. The molecule has 3 N–H and O–H groups in total. The Morgan fingerprint density at radius 3 is 1.85 bits per heavy atom. The van der Waals surface area contributed by atoms with Gasteiger partial charge < -0.3 is 24.6 Å². The Bertz CT molecular complexity index is 790. The second-order valence-electron chi connectivity index (χ2n) is 10.6. The van der Waals surface area contributed by atoms with Crippen molar-refractivity contribution in [2.75, 3.05) is 6.54 Å². The first-order valence-corrected chi connectivity index (χ1v) is 10.6. The van der Waals surface area contributed by atoms with E-state index in [1.54, 1.807) is 62.3 Å². The summed E-state index contributed by atoms with van der Waals surface area (Å²) >= 11 is 0. The average Bonchev–Trinajstić information content (AvgIpc) is 2.98. The van der Waals surface area contributed by atoms with Gasteiger partial charge in [-0.2, -0.15) is 0 Å². The van der Waals surface area contributed by atoms with E-state index in [-0.39, 0.29) is 13.0 Å². The van der Waals surface area contributed by atoms with Crippen molar-refractivity contribution in [3.63, 3.8) is 0 Å². The molecule has 0 saturated carbocycles. The van der Waals surface area contributed by atoms with Crippen molar-refractivity contribution in [3.05, 3.63) is 0 Å². The van der Waals surface area contributed by atoms with E-state index in [0.29, 0.717) is 0 Å². The minimum absolute atomic E-state index is 0.0160. The fourth-order valence-corrected chi connectivity index (χ4v) is 2.73. The molecular formula is C21H36N4O8. The molecular weight excluding hydrogens is 436 g/mol. The molecule has 0 radical (unpaired) electrons. The average molecular weight is 473 g/mol. The van der Waals surface area contributed by atoms with Crippen molar-refractivity contribution in [1.29, 1.82) is 0 Å². The van der Waals surface area contributed by atoms with E-state index in [1.807, 2.05) is 0 Å². The second-order valence-corrected chi connectivity index (χ2v) is 10.6. The Morgan fingerprint density at radius 2 is 1.42 bits per heavy atom. The molecule has 0 aromatic rings. The van der Waals surface area contributed by atoms with Crippen molar-refractivity contribution < 1.29 is 38.5 Å². The number of alkyl carbamates (subject to hydrolysis) is 1. The largest absolute Gasteiger partial charge is 0.480 e. The van der Waals surface area contributed by atoms with Gasteiger partial charge in [0.2, 0.25) is 5.96 Å². The summed E-state index contributed by atoms with van der Waals surface area (Å²) in [6, 6.07) is -1.73. The predicted octanol–water partition coefficient (Wildman–Crippen LogP) is 2.85. The first kappa shape index (κ1) is 28.1.